The number of nitrogens with one attached hydrogen (secondary N) is 2. The lowest BCUT2D eigenvalue weighted by molar-refractivity contribution is -0.145. The van der Waals surface area contributed by atoms with Crippen LogP contribution in [0.5, 0.6) is 0 Å². The summed E-state index contributed by atoms with van der Waals surface area (Å²) in [5, 5.41) is 9.58. The number of carbonyl (C=O) groups excluding carboxylic acids is 2. The van der Waals surface area contributed by atoms with E-state index in [1.54, 1.807) is 12.1 Å². The molecule has 2 N–H and O–H groups in total. The monoisotopic (exact) mass is 329 g/mol. The third-order valence-corrected chi connectivity index (χ3v) is 4.20. The van der Waals surface area contributed by atoms with Gasteiger partial charge in [0.25, 0.3) is 5.91 Å². The Morgan fingerprint density at radius 1 is 1.38 bits per heavy atom. The molecular weight excluding hydrogens is 310 g/mol. The first-order valence-electron chi connectivity index (χ1n) is 7.64. The van der Waals surface area contributed by atoms with Crippen LogP contribution in [0, 0.1) is 0 Å². The third-order valence-electron chi connectivity index (χ3n) is 4.20. The topological polar surface area (TPSA) is 100 Å². The largest absolute Gasteiger partial charge is 0.468 e. The Balaban J connectivity index is 1.74. The number of benzene rings is 1. The highest BCUT2D eigenvalue weighted by Gasteiger charge is 2.36. The van der Waals surface area contributed by atoms with Crippen LogP contribution < -0.4 is 5.32 Å². The van der Waals surface area contributed by atoms with Gasteiger partial charge in [0.05, 0.1) is 12.7 Å². The van der Waals surface area contributed by atoms with Crippen LogP contribution in [0.1, 0.15) is 16.8 Å². The summed E-state index contributed by atoms with van der Waals surface area (Å²) >= 11 is 0. The number of rotatable bonds is 4. The van der Waals surface area contributed by atoms with E-state index in [0.29, 0.717) is 29.9 Å². The number of hydrogen-bond donors (Lipinski definition) is 2. The fraction of sp³-hybridized carbons (Fsp3) is 0.375. The summed E-state index contributed by atoms with van der Waals surface area (Å²) in [5.41, 5.74) is 1.20. The van der Waals surface area contributed by atoms with Gasteiger partial charge >= 0.3 is 5.97 Å². The minimum atomic E-state index is -0.329. The number of H-pyrrole nitrogens is 1. The second-order valence-corrected chi connectivity index (χ2v) is 5.76. The van der Waals surface area contributed by atoms with E-state index in [1.807, 2.05) is 24.1 Å². The average Bonchev–Trinajstić information content (AvgIpc) is 3.24. The highest BCUT2D eigenvalue weighted by molar-refractivity contribution is 6.00. The van der Waals surface area contributed by atoms with E-state index in [0.717, 1.165) is 0 Å². The quantitative estimate of drug-likeness (QED) is 0.790. The van der Waals surface area contributed by atoms with Crippen molar-refractivity contribution in [2.75, 3.05) is 20.7 Å². The van der Waals surface area contributed by atoms with Crippen LogP contribution in [-0.4, -0.2) is 64.7 Å². The van der Waals surface area contributed by atoms with Gasteiger partial charge in [0.1, 0.15) is 12.4 Å². The maximum absolute atomic E-state index is 12.7. The molecule has 1 aliphatic heterocycles. The molecular formula is C16H19N5O3. The number of aromatic nitrogens is 3. The lowest BCUT2D eigenvalue weighted by Crippen LogP contribution is -2.36. The normalized spacial score (nSPS) is 20.8. The third kappa shape index (κ3) is 3.13. The second kappa shape index (κ2) is 6.79. The molecule has 8 nitrogen and oxygen atoms in total. The van der Waals surface area contributed by atoms with Crippen molar-refractivity contribution < 1.29 is 14.3 Å². The van der Waals surface area contributed by atoms with E-state index in [1.165, 1.54) is 13.4 Å². The van der Waals surface area contributed by atoms with Gasteiger partial charge in [0, 0.05) is 18.2 Å². The van der Waals surface area contributed by atoms with Crippen molar-refractivity contribution in [2.24, 2.45) is 0 Å². The second-order valence-electron chi connectivity index (χ2n) is 5.76. The Bertz CT molecular complexity index is 731. The summed E-state index contributed by atoms with van der Waals surface area (Å²) in [4.78, 5) is 30.4. The van der Waals surface area contributed by atoms with Gasteiger partial charge in [-0.3, -0.25) is 19.6 Å². The van der Waals surface area contributed by atoms with Gasteiger partial charge in [0.15, 0.2) is 5.82 Å². The van der Waals surface area contributed by atoms with Crippen LogP contribution in [0.3, 0.4) is 0 Å². The first-order valence-corrected chi connectivity index (χ1v) is 7.64. The number of hydrogen-bond acceptors (Lipinski definition) is 6. The Morgan fingerprint density at radius 3 is 2.88 bits per heavy atom. The van der Waals surface area contributed by atoms with E-state index < -0.39 is 0 Å². The smallest absolute Gasteiger partial charge is 0.323 e. The van der Waals surface area contributed by atoms with Gasteiger partial charge in [-0.2, -0.15) is 5.10 Å². The standard InChI is InChI=1S/C16H19N5O3/c1-21-8-10(7-13(21)16(23)24-2)19-15(22)12-6-4-3-5-11(12)14-17-9-18-20-14/h3-6,9-10,13H,7-8H2,1-2H3,(H,19,22)(H,17,18,20)/t10-,13-/m0/s1. The highest BCUT2D eigenvalue weighted by atomic mass is 16.5. The number of methoxy groups -OCH3 is 1. The SMILES string of the molecule is COC(=O)[C@@H]1C[C@H](NC(=O)c2ccccc2-c2ncn[nH]2)CN1C. The maximum atomic E-state index is 12.7. The predicted octanol–water partition coefficient (Wildman–Crippen LogP) is 0.447. The van der Waals surface area contributed by atoms with E-state index in [4.69, 9.17) is 4.74 Å². The molecule has 1 fully saturated rings. The number of esters is 1. The van der Waals surface area contributed by atoms with Crippen molar-refractivity contribution in [2.45, 2.75) is 18.5 Å². The summed E-state index contributed by atoms with van der Waals surface area (Å²) < 4.78 is 4.80. The zero-order chi connectivity index (χ0) is 17.1. The number of aromatic amines is 1. The molecule has 1 aliphatic rings. The Labute approximate surface area is 139 Å². The molecule has 1 aromatic heterocycles. The lowest BCUT2D eigenvalue weighted by Gasteiger charge is -2.15. The zero-order valence-electron chi connectivity index (χ0n) is 13.5. The molecule has 0 saturated carbocycles. The van der Waals surface area contributed by atoms with E-state index in [2.05, 4.69) is 20.5 Å². The van der Waals surface area contributed by atoms with Crippen LogP contribution in [0.4, 0.5) is 0 Å². The van der Waals surface area contributed by atoms with Gasteiger partial charge < -0.3 is 10.1 Å². The van der Waals surface area contributed by atoms with Crippen molar-refractivity contribution in [1.82, 2.24) is 25.4 Å². The minimum Gasteiger partial charge on any atom is -0.468 e. The van der Waals surface area contributed by atoms with Crippen LogP contribution in [0.25, 0.3) is 11.4 Å². The fourth-order valence-corrected chi connectivity index (χ4v) is 3.00. The predicted molar refractivity (Wildman–Crippen MR) is 86.1 cm³/mol. The van der Waals surface area contributed by atoms with E-state index in [-0.39, 0.29) is 24.0 Å². The summed E-state index contributed by atoms with van der Waals surface area (Å²) in [7, 11) is 3.21. The Morgan fingerprint density at radius 2 is 2.17 bits per heavy atom. The summed E-state index contributed by atoms with van der Waals surface area (Å²) in [6.07, 6.45) is 1.93. The molecule has 2 atom stereocenters. The van der Waals surface area contributed by atoms with Gasteiger partial charge in [-0.15, -0.1) is 0 Å². The van der Waals surface area contributed by atoms with Crippen molar-refractivity contribution >= 4 is 11.9 Å². The van der Waals surface area contributed by atoms with Crippen LogP contribution in [0.2, 0.25) is 0 Å². The molecule has 1 amide bonds. The molecule has 1 saturated heterocycles. The van der Waals surface area contributed by atoms with Crippen molar-refractivity contribution in [3.05, 3.63) is 36.2 Å². The molecule has 126 valence electrons. The number of likely N-dealkylation sites (tertiary alicyclic amines) is 1. The molecule has 3 rings (SSSR count). The van der Waals surface area contributed by atoms with Crippen LogP contribution in [0.15, 0.2) is 30.6 Å². The molecule has 8 heteroatoms. The zero-order valence-corrected chi connectivity index (χ0v) is 13.5. The van der Waals surface area contributed by atoms with E-state index >= 15 is 0 Å². The number of likely N-dealkylation sites (N-methyl/N-ethyl adjacent to an activating group) is 1. The van der Waals surface area contributed by atoms with Gasteiger partial charge in [-0.05, 0) is 19.5 Å². The number of ether oxygens (including phenoxy) is 1. The molecule has 1 aromatic carbocycles. The van der Waals surface area contributed by atoms with Crippen molar-refractivity contribution in [3.63, 3.8) is 0 Å². The number of nitrogens with zero attached hydrogens (tertiary/aromatic N) is 3. The Kier molecular flexibility index (Phi) is 4.57. The molecule has 0 unspecified atom stereocenters. The lowest BCUT2D eigenvalue weighted by atomic mass is 10.1. The molecule has 24 heavy (non-hydrogen) atoms. The maximum Gasteiger partial charge on any atom is 0.323 e. The highest BCUT2D eigenvalue weighted by Crippen LogP contribution is 2.21. The summed E-state index contributed by atoms with van der Waals surface area (Å²) in [5.74, 6) is 0.0546. The molecule has 2 aromatic rings. The van der Waals surface area contributed by atoms with Crippen molar-refractivity contribution in [3.8, 4) is 11.4 Å². The van der Waals surface area contributed by atoms with Crippen molar-refractivity contribution in [1.29, 1.82) is 0 Å². The van der Waals surface area contributed by atoms with Crippen LogP contribution >= 0.6 is 0 Å². The molecule has 2 heterocycles. The van der Waals surface area contributed by atoms with Gasteiger partial charge in [-0.1, -0.05) is 18.2 Å². The first-order chi connectivity index (χ1) is 11.6. The number of carbonyl (C=O) groups is 2. The minimum absolute atomic E-state index is 0.116. The fourth-order valence-electron chi connectivity index (χ4n) is 3.00. The number of amides is 1. The van der Waals surface area contributed by atoms with Gasteiger partial charge in [-0.25, -0.2) is 4.98 Å². The first kappa shape index (κ1) is 16.1. The van der Waals surface area contributed by atoms with Crippen LogP contribution in [-0.2, 0) is 9.53 Å². The summed E-state index contributed by atoms with van der Waals surface area (Å²) in [6, 6.07) is 6.74. The Hall–Kier alpha value is -2.74. The van der Waals surface area contributed by atoms with Gasteiger partial charge in [0.2, 0.25) is 0 Å². The molecule has 0 radical (unpaired) electrons. The molecule has 0 aliphatic carbocycles. The summed E-state index contributed by atoms with van der Waals surface area (Å²) in [6.45, 7) is 0.593. The van der Waals surface area contributed by atoms with E-state index in [9.17, 15) is 9.59 Å². The molecule has 0 spiro atoms. The average molecular weight is 329 g/mol. The molecule has 0 bridgehead atoms.